The van der Waals surface area contributed by atoms with E-state index in [1.54, 1.807) is 17.1 Å². The van der Waals surface area contributed by atoms with Gasteiger partial charge < -0.3 is 14.2 Å². The molecule has 1 amide bonds. The number of benzene rings is 1. The second kappa shape index (κ2) is 6.59. The van der Waals surface area contributed by atoms with E-state index in [0.29, 0.717) is 44.0 Å². The topological polar surface area (TPSA) is 93.2 Å². The van der Waals surface area contributed by atoms with Crippen molar-refractivity contribution >= 4 is 33.9 Å². The Hall–Kier alpha value is -3.49. The first-order valence-electron chi connectivity index (χ1n) is 9.31. The first kappa shape index (κ1) is 16.7. The van der Waals surface area contributed by atoms with Crippen molar-refractivity contribution in [2.75, 3.05) is 31.1 Å². The number of aryl methyl sites for hydroxylation is 1. The number of carbonyl (C=O) groups is 1. The highest BCUT2D eigenvalue weighted by molar-refractivity contribution is 5.96. The number of carbonyl (C=O) groups excluding carboxylic acids is 1. The molecule has 3 aromatic heterocycles. The summed E-state index contributed by atoms with van der Waals surface area (Å²) in [5.74, 6) is 1.06. The number of rotatable bonds is 3. The lowest BCUT2D eigenvalue weighted by Gasteiger charge is -2.34. The molecular formula is C19H19N7O2. The number of fused-ring (bicyclic) bond motifs is 2. The maximum Gasteiger partial charge on any atom is 0.289 e. The Labute approximate surface area is 160 Å². The van der Waals surface area contributed by atoms with Crippen molar-refractivity contribution in [3.8, 4) is 0 Å². The third-order valence-corrected chi connectivity index (χ3v) is 5.08. The van der Waals surface area contributed by atoms with Crippen molar-refractivity contribution in [3.63, 3.8) is 0 Å². The fourth-order valence-corrected chi connectivity index (χ4v) is 3.59. The fraction of sp³-hybridized carbons (Fsp3) is 0.316. The third kappa shape index (κ3) is 2.67. The Balaban J connectivity index is 1.34. The summed E-state index contributed by atoms with van der Waals surface area (Å²) in [6, 6.07) is 9.45. The van der Waals surface area contributed by atoms with E-state index in [4.69, 9.17) is 4.42 Å². The Bertz CT molecular complexity index is 1120. The molecule has 9 nitrogen and oxygen atoms in total. The number of nitrogens with zero attached hydrogens (tertiary/aromatic N) is 7. The molecule has 0 N–H and O–H groups in total. The highest BCUT2D eigenvalue weighted by atomic mass is 16.3. The average Bonchev–Trinajstić information content (AvgIpc) is 3.37. The summed E-state index contributed by atoms with van der Waals surface area (Å²) in [6.07, 6.45) is 1.54. The van der Waals surface area contributed by atoms with Gasteiger partial charge in [0, 0.05) is 38.1 Å². The molecule has 1 aromatic carbocycles. The predicted molar refractivity (Wildman–Crippen MR) is 103 cm³/mol. The lowest BCUT2D eigenvalue weighted by molar-refractivity contribution is 0.0717. The van der Waals surface area contributed by atoms with Gasteiger partial charge in [0.2, 0.25) is 0 Å². The monoisotopic (exact) mass is 377 g/mol. The minimum Gasteiger partial charge on any atom is -0.451 e. The summed E-state index contributed by atoms with van der Waals surface area (Å²) in [6.45, 7) is 5.20. The molecule has 1 aliphatic rings. The zero-order valence-electron chi connectivity index (χ0n) is 15.4. The Morgan fingerprint density at radius 3 is 2.75 bits per heavy atom. The van der Waals surface area contributed by atoms with Crippen LogP contribution < -0.4 is 4.90 Å². The van der Waals surface area contributed by atoms with Gasteiger partial charge in [0.1, 0.15) is 11.9 Å². The van der Waals surface area contributed by atoms with Gasteiger partial charge in [-0.2, -0.15) is 0 Å². The molecular weight excluding hydrogens is 358 g/mol. The van der Waals surface area contributed by atoms with Gasteiger partial charge in [-0.15, -0.1) is 5.10 Å². The summed E-state index contributed by atoms with van der Waals surface area (Å²) < 4.78 is 7.47. The second-order valence-electron chi connectivity index (χ2n) is 6.70. The van der Waals surface area contributed by atoms with Gasteiger partial charge >= 0.3 is 0 Å². The molecule has 0 radical (unpaired) electrons. The normalized spacial score (nSPS) is 14.9. The van der Waals surface area contributed by atoms with Crippen LogP contribution >= 0.6 is 0 Å². The van der Waals surface area contributed by atoms with Gasteiger partial charge in [-0.3, -0.25) is 4.79 Å². The van der Waals surface area contributed by atoms with Crippen molar-refractivity contribution in [1.29, 1.82) is 0 Å². The molecule has 0 atom stereocenters. The van der Waals surface area contributed by atoms with Crippen LogP contribution in [0.3, 0.4) is 0 Å². The zero-order valence-corrected chi connectivity index (χ0v) is 15.4. The summed E-state index contributed by atoms with van der Waals surface area (Å²) >= 11 is 0. The third-order valence-electron chi connectivity index (χ3n) is 5.08. The fourth-order valence-electron chi connectivity index (χ4n) is 3.59. The Morgan fingerprint density at radius 2 is 1.96 bits per heavy atom. The number of piperazine rings is 1. The Kier molecular flexibility index (Phi) is 3.92. The number of furan rings is 1. The summed E-state index contributed by atoms with van der Waals surface area (Å²) in [5, 5.41) is 9.31. The minimum absolute atomic E-state index is 0.0828. The van der Waals surface area contributed by atoms with E-state index < -0.39 is 0 Å². The summed E-state index contributed by atoms with van der Waals surface area (Å²) in [7, 11) is 0. The first-order valence-corrected chi connectivity index (χ1v) is 9.31. The second-order valence-corrected chi connectivity index (χ2v) is 6.70. The summed E-state index contributed by atoms with van der Waals surface area (Å²) in [4.78, 5) is 25.5. The molecule has 0 spiro atoms. The van der Waals surface area contributed by atoms with Crippen molar-refractivity contribution < 1.29 is 9.21 Å². The quantitative estimate of drug-likeness (QED) is 0.539. The molecule has 0 bridgehead atoms. The van der Waals surface area contributed by atoms with Gasteiger partial charge in [-0.25, -0.2) is 14.6 Å². The van der Waals surface area contributed by atoms with E-state index in [2.05, 4.69) is 25.2 Å². The lowest BCUT2D eigenvalue weighted by atomic mass is 10.2. The smallest absolute Gasteiger partial charge is 0.289 e. The van der Waals surface area contributed by atoms with Crippen LogP contribution in [0, 0.1) is 0 Å². The van der Waals surface area contributed by atoms with Crippen LogP contribution in [0.15, 0.2) is 41.1 Å². The van der Waals surface area contributed by atoms with Crippen LogP contribution in [-0.2, 0) is 6.54 Å². The maximum absolute atomic E-state index is 12.8. The van der Waals surface area contributed by atoms with E-state index >= 15 is 0 Å². The predicted octanol–water partition coefficient (Wildman–Crippen LogP) is 1.95. The molecule has 1 fully saturated rings. The number of aromatic nitrogens is 5. The van der Waals surface area contributed by atoms with Crippen molar-refractivity contribution in [3.05, 3.63) is 42.4 Å². The minimum atomic E-state index is -0.0828. The first-order chi connectivity index (χ1) is 13.7. The van der Waals surface area contributed by atoms with E-state index in [9.17, 15) is 4.79 Å². The van der Waals surface area contributed by atoms with E-state index in [-0.39, 0.29) is 5.91 Å². The largest absolute Gasteiger partial charge is 0.451 e. The van der Waals surface area contributed by atoms with E-state index in [1.807, 2.05) is 36.1 Å². The summed E-state index contributed by atoms with van der Waals surface area (Å²) in [5.41, 5.74) is 2.15. The molecule has 4 aromatic rings. The molecule has 0 saturated carbocycles. The van der Waals surface area contributed by atoms with Crippen LogP contribution in [0.1, 0.15) is 17.5 Å². The molecule has 142 valence electrons. The number of hydrogen-bond acceptors (Lipinski definition) is 7. The number of amides is 1. The average molecular weight is 377 g/mol. The SMILES string of the molecule is CCn1nnc2c(N3CCN(C(=O)c4cc5ccccc5o4)CC3)ncnc21. The number of anilines is 1. The van der Waals surface area contributed by atoms with E-state index in [1.165, 1.54) is 0 Å². The van der Waals surface area contributed by atoms with E-state index in [0.717, 1.165) is 22.4 Å². The molecule has 9 heteroatoms. The van der Waals surface area contributed by atoms with Crippen molar-refractivity contribution in [1.82, 2.24) is 29.9 Å². The standard InChI is InChI=1S/C19H19N7O2/c1-2-26-18-16(22-23-26)17(20-12-21-18)24-7-9-25(10-8-24)19(27)15-11-13-5-3-4-6-14(13)28-15/h3-6,11-12H,2,7-10H2,1H3. The molecule has 1 aliphatic heterocycles. The van der Waals surface area contributed by atoms with Gasteiger partial charge in [0.15, 0.2) is 22.7 Å². The lowest BCUT2D eigenvalue weighted by Crippen LogP contribution is -2.49. The molecule has 0 unspecified atom stereocenters. The molecule has 0 aliphatic carbocycles. The van der Waals surface area contributed by atoms with Crippen LogP contribution in [0.5, 0.6) is 0 Å². The maximum atomic E-state index is 12.8. The molecule has 4 heterocycles. The van der Waals surface area contributed by atoms with Crippen molar-refractivity contribution in [2.24, 2.45) is 0 Å². The highest BCUT2D eigenvalue weighted by Crippen LogP contribution is 2.24. The van der Waals surface area contributed by atoms with Crippen LogP contribution in [0.4, 0.5) is 5.82 Å². The van der Waals surface area contributed by atoms with Crippen LogP contribution in [0.2, 0.25) is 0 Å². The number of para-hydroxylation sites is 1. The highest BCUT2D eigenvalue weighted by Gasteiger charge is 2.26. The van der Waals surface area contributed by atoms with Gasteiger partial charge in [-0.05, 0) is 19.1 Å². The molecule has 1 saturated heterocycles. The number of hydrogen-bond donors (Lipinski definition) is 0. The van der Waals surface area contributed by atoms with Gasteiger partial charge in [0.05, 0.1) is 0 Å². The molecule has 28 heavy (non-hydrogen) atoms. The van der Waals surface area contributed by atoms with Gasteiger partial charge in [0.25, 0.3) is 5.91 Å². The van der Waals surface area contributed by atoms with Crippen LogP contribution in [0.25, 0.3) is 22.1 Å². The Morgan fingerprint density at radius 1 is 1.14 bits per heavy atom. The van der Waals surface area contributed by atoms with Gasteiger partial charge in [-0.1, -0.05) is 23.4 Å². The van der Waals surface area contributed by atoms with Crippen LogP contribution in [-0.4, -0.2) is 61.9 Å². The molecule has 5 rings (SSSR count). The zero-order chi connectivity index (χ0) is 19.1. The van der Waals surface area contributed by atoms with Crippen molar-refractivity contribution in [2.45, 2.75) is 13.5 Å².